The third-order valence-electron chi connectivity index (χ3n) is 2.97. The van der Waals surface area contributed by atoms with Crippen molar-refractivity contribution >= 4 is 12.1 Å². The molecule has 1 aliphatic heterocycles. The molecule has 1 amide bonds. The number of likely N-dealkylation sites (tertiary alicyclic amines) is 1. The second-order valence-corrected chi connectivity index (χ2v) is 5.91. The number of ether oxygens (including phenoxy) is 2. The Labute approximate surface area is 113 Å². The van der Waals surface area contributed by atoms with Crippen molar-refractivity contribution in [2.24, 2.45) is 5.92 Å². The highest BCUT2D eigenvalue weighted by Crippen LogP contribution is 2.27. The van der Waals surface area contributed by atoms with Crippen LogP contribution in [0.15, 0.2) is 0 Å². The summed E-state index contributed by atoms with van der Waals surface area (Å²) in [5.74, 6) is -0.839. The minimum Gasteiger partial charge on any atom is -0.467 e. The van der Waals surface area contributed by atoms with Gasteiger partial charge >= 0.3 is 12.1 Å². The van der Waals surface area contributed by atoms with E-state index in [1.54, 1.807) is 27.7 Å². The van der Waals surface area contributed by atoms with Crippen LogP contribution in [0.1, 0.15) is 34.1 Å². The van der Waals surface area contributed by atoms with E-state index in [2.05, 4.69) is 0 Å². The van der Waals surface area contributed by atoms with Gasteiger partial charge in [0.05, 0.1) is 13.7 Å². The molecule has 0 aromatic heterocycles. The van der Waals surface area contributed by atoms with Crippen molar-refractivity contribution in [3.8, 4) is 0 Å². The number of carbonyl (C=O) groups is 2. The Kier molecular flexibility index (Phi) is 4.76. The van der Waals surface area contributed by atoms with E-state index in [1.807, 2.05) is 0 Å². The van der Waals surface area contributed by atoms with Crippen molar-refractivity contribution < 1.29 is 23.5 Å². The molecule has 110 valence electrons. The maximum atomic E-state index is 13.6. The second-order valence-electron chi connectivity index (χ2n) is 5.91. The molecule has 0 aliphatic carbocycles. The van der Waals surface area contributed by atoms with Gasteiger partial charge in [-0.15, -0.1) is 0 Å². The number of amides is 1. The molecule has 5 nitrogen and oxygen atoms in total. The van der Waals surface area contributed by atoms with Gasteiger partial charge in [-0.25, -0.2) is 14.0 Å². The Morgan fingerprint density at radius 3 is 2.37 bits per heavy atom. The highest BCUT2D eigenvalue weighted by molar-refractivity contribution is 5.82. The summed E-state index contributed by atoms with van der Waals surface area (Å²) in [5, 5.41) is 0. The molecule has 1 rings (SSSR count). The number of esters is 1. The highest BCUT2D eigenvalue weighted by Gasteiger charge is 2.43. The van der Waals surface area contributed by atoms with E-state index in [-0.39, 0.29) is 18.9 Å². The first-order valence-electron chi connectivity index (χ1n) is 6.37. The number of hydrogen-bond acceptors (Lipinski definition) is 4. The Hall–Kier alpha value is -1.33. The third kappa shape index (κ3) is 4.08. The minimum atomic E-state index is -1.15. The molecule has 0 unspecified atom stereocenters. The molecular weight excluding hydrogens is 253 g/mol. The fraction of sp³-hybridized carbons (Fsp3) is 0.846. The predicted octanol–water partition coefficient (Wildman–Crippen LogP) is 2.14. The first-order chi connectivity index (χ1) is 8.65. The average molecular weight is 275 g/mol. The lowest BCUT2D eigenvalue weighted by Gasteiger charge is -2.39. The molecule has 0 aromatic rings. The van der Waals surface area contributed by atoms with Gasteiger partial charge in [0.1, 0.15) is 17.8 Å². The van der Waals surface area contributed by atoms with Crippen LogP contribution in [0.5, 0.6) is 0 Å². The maximum Gasteiger partial charge on any atom is 0.411 e. The molecule has 0 radical (unpaired) electrons. The number of nitrogens with zero attached hydrogens (tertiary/aromatic N) is 1. The monoisotopic (exact) mass is 275 g/mol. The van der Waals surface area contributed by atoms with E-state index < -0.39 is 29.9 Å². The summed E-state index contributed by atoms with van der Waals surface area (Å²) in [5.41, 5.74) is -0.690. The van der Waals surface area contributed by atoms with Crippen LogP contribution in [0.25, 0.3) is 0 Å². The van der Waals surface area contributed by atoms with Crippen LogP contribution in [-0.2, 0) is 14.3 Å². The zero-order valence-corrected chi connectivity index (χ0v) is 12.1. The van der Waals surface area contributed by atoms with Crippen molar-refractivity contribution in [3.63, 3.8) is 0 Å². The molecule has 19 heavy (non-hydrogen) atoms. The van der Waals surface area contributed by atoms with Crippen molar-refractivity contribution in [2.75, 3.05) is 13.7 Å². The van der Waals surface area contributed by atoms with Gasteiger partial charge in [-0.2, -0.15) is 0 Å². The van der Waals surface area contributed by atoms with E-state index in [4.69, 9.17) is 9.47 Å². The number of halogens is 1. The average Bonchev–Trinajstić information content (AvgIpc) is 2.24. The predicted molar refractivity (Wildman–Crippen MR) is 67.4 cm³/mol. The van der Waals surface area contributed by atoms with Gasteiger partial charge in [-0.05, 0) is 33.1 Å². The molecule has 6 heteroatoms. The second kappa shape index (κ2) is 5.75. The van der Waals surface area contributed by atoms with Gasteiger partial charge in [0.2, 0.25) is 0 Å². The Morgan fingerprint density at radius 2 is 1.89 bits per heavy atom. The number of carbonyl (C=O) groups excluding carboxylic acids is 2. The van der Waals surface area contributed by atoms with Crippen molar-refractivity contribution in [1.29, 1.82) is 0 Å². The molecule has 0 saturated carbocycles. The SMILES string of the molecule is COC(=O)[C@@H]1[C@H](C)C[C@H](F)CN1C(=O)OC(C)(C)C. The lowest BCUT2D eigenvalue weighted by atomic mass is 9.90. The largest absolute Gasteiger partial charge is 0.467 e. The van der Waals surface area contributed by atoms with E-state index >= 15 is 0 Å². The van der Waals surface area contributed by atoms with Gasteiger partial charge in [0.25, 0.3) is 0 Å². The zero-order chi connectivity index (χ0) is 14.8. The maximum absolute atomic E-state index is 13.6. The smallest absolute Gasteiger partial charge is 0.411 e. The van der Waals surface area contributed by atoms with Crippen LogP contribution in [-0.4, -0.2) is 48.4 Å². The first-order valence-corrected chi connectivity index (χ1v) is 6.37. The van der Waals surface area contributed by atoms with E-state index in [0.717, 1.165) is 4.90 Å². The minimum absolute atomic E-state index is 0.140. The quantitative estimate of drug-likeness (QED) is 0.688. The normalized spacial score (nSPS) is 27.9. The summed E-state index contributed by atoms with van der Waals surface area (Å²) in [7, 11) is 1.25. The summed E-state index contributed by atoms with van der Waals surface area (Å²) < 4.78 is 23.5. The van der Waals surface area contributed by atoms with Gasteiger partial charge in [0, 0.05) is 0 Å². The van der Waals surface area contributed by atoms with E-state index in [1.165, 1.54) is 7.11 Å². The molecule has 1 saturated heterocycles. The van der Waals surface area contributed by atoms with Crippen molar-refractivity contribution in [2.45, 2.75) is 51.9 Å². The van der Waals surface area contributed by atoms with Gasteiger partial charge in [-0.3, -0.25) is 4.90 Å². The topological polar surface area (TPSA) is 55.8 Å². The Morgan fingerprint density at radius 1 is 1.32 bits per heavy atom. The summed E-state index contributed by atoms with van der Waals surface area (Å²) in [6, 6.07) is -0.785. The zero-order valence-electron chi connectivity index (χ0n) is 12.1. The summed E-state index contributed by atoms with van der Waals surface area (Å²) >= 11 is 0. The summed E-state index contributed by atoms with van der Waals surface area (Å²) in [6.07, 6.45) is -1.60. The molecule has 0 spiro atoms. The number of piperidine rings is 1. The number of hydrogen-bond donors (Lipinski definition) is 0. The Bertz CT molecular complexity index is 353. The number of alkyl halides is 1. The van der Waals surface area contributed by atoms with Crippen LogP contribution in [0, 0.1) is 5.92 Å². The number of rotatable bonds is 1. The molecule has 1 fully saturated rings. The van der Waals surface area contributed by atoms with Crippen molar-refractivity contribution in [1.82, 2.24) is 4.90 Å². The lowest BCUT2D eigenvalue weighted by molar-refractivity contribution is -0.151. The third-order valence-corrected chi connectivity index (χ3v) is 2.97. The van der Waals surface area contributed by atoms with Crippen LogP contribution in [0.3, 0.4) is 0 Å². The molecular formula is C13H22FNO4. The number of methoxy groups -OCH3 is 1. The molecule has 0 bridgehead atoms. The Balaban J connectivity index is 2.91. The molecule has 1 heterocycles. The lowest BCUT2D eigenvalue weighted by Crippen LogP contribution is -2.56. The molecule has 0 aromatic carbocycles. The first kappa shape index (κ1) is 15.7. The fourth-order valence-electron chi connectivity index (χ4n) is 2.23. The summed E-state index contributed by atoms with van der Waals surface area (Å²) in [6.45, 7) is 6.75. The van der Waals surface area contributed by atoms with Crippen LogP contribution < -0.4 is 0 Å². The summed E-state index contributed by atoms with van der Waals surface area (Å²) in [4.78, 5) is 25.0. The molecule has 3 atom stereocenters. The van der Waals surface area contributed by atoms with Crippen LogP contribution >= 0.6 is 0 Å². The standard InChI is InChI=1S/C13H22FNO4/c1-8-6-9(14)7-15(10(8)11(16)18-5)12(17)19-13(2,3)4/h8-10H,6-7H2,1-5H3/t8-,9+,10+/m1/s1. The fourth-order valence-corrected chi connectivity index (χ4v) is 2.23. The molecule has 0 N–H and O–H groups in total. The van der Waals surface area contributed by atoms with E-state index in [0.29, 0.717) is 0 Å². The van der Waals surface area contributed by atoms with Crippen LogP contribution in [0.2, 0.25) is 0 Å². The van der Waals surface area contributed by atoms with Gasteiger partial charge in [-0.1, -0.05) is 6.92 Å². The van der Waals surface area contributed by atoms with Gasteiger partial charge < -0.3 is 9.47 Å². The molecule has 1 aliphatic rings. The van der Waals surface area contributed by atoms with Crippen molar-refractivity contribution in [3.05, 3.63) is 0 Å². The van der Waals surface area contributed by atoms with E-state index in [9.17, 15) is 14.0 Å². The highest BCUT2D eigenvalue weighted by atomic mass is 19.1. The van der Waals surface area contributed by atoms with Gasteiger partial charge in [0.15, 0.2) is 0 Å². The van der Waals surface area contributed by atoms with Crippen LogP contribution in [0.4, 0.5) is 9.18 Å².